The number of amides is 1. The summed E-state index contributed by atoms with van der Waals surface area (Å²) in [5, 5.41) is 17.1. The van der Waals surface area contributed by atoms with Gasteiger partial charge in [-0.2, -0.15) is 5.26 Å². The second-order valence-electron chi connectivity index (χ2n) is 7.03. The molecule has 0 unspecified atom stereocenters. The Balaban J connectivity index is 1.78. The average Bonchev–Trinajstić information content (AvgIpc) is 3.41. The molecule has 1 aliphatic rings. The van der Waals surface area contributed by atoms with Gasteiger partial charge in [0.05, 0.1) is 27.2 Å². The fourth-order valence-corrected chi connectivity index (χ4v) is 3.20. The number of fused-ring (bicyclic) bond motifs is 1. The van der Waals surface area contributed by atoms with Gasteiger partial charge in [0.25, 0.3) is 11.6 Å². The van der Waals surface area contributed by atoms with Crippen molar-refractivity contribution in [2.75, 3.05) is 5.32 Å². The summed E-state index contributed by atoms with van der Waals surface area (Å²) >= 11 is 5.97. The average molecular weight is 381 g/mol. The first-order valence-corrected chi connectivity index (χ1v) is 9.17. The molecule has 2 aromatic heterocycles. The van der Waals surface area contributed by atoms with Gasteiger partial charge in [0, 0.05) is 17.3 Å². The molecule has 7 heteroatoms. The molecule has 1 N–H and O–H groups in total. The highest BCUT2D eigenvalue weighted by molar-refractivity contribution is 6.31. The molecule has 6 nitrogen and oxygen atoms in total. The smallest absolute Gasteiger partial charge is 0.259 e. The minimum Gasteiger partial charge on any atom is -0.335 e. The number of hydrogen-bond acceptors (Lipinski definition) is 5. The van der Waals surface area contributed by atoms with Gasteiger partial charge >= 0.3 is 0 Å². The highest BCUT2D eigenvalue weighted by atomic mass is 35.5. The Morgan fingerprint density at radius 1 is 1.37 bits per heavy atom. The predicted octanol–water partition coefficient (Wildman–Crippen LogP) is 5.00. The standard InChI is InChI=1S/C20H17ClN4O2/c1-10(2)18-17-14(8-16(11-3-4-11)24-20(17)27-25-18)19(26)23-13-5-6-15(21)12(7-13)9-22/h5-8,10-11H,3-4H2,1-2H3,(H,23,26). The van der Waals surface area contributed by atoms with Crippen LogP contribution in [0.2, 0.25) is 5.02 Å². The Morgan fingerprint density at radius 3 is 2.81 bits per heavy atom. The number of pyridine rings is 1. The first-order chi connectivity index (χ1) is 13.0. The summed E-state index contributed by atoms with van der Waals surface area (Å²) in [6.45, 7) is 3.98. The summed E-state index contributed by atoms with van der Waals surface area (Å²) in [7, 11) is 0. The molecule has 27 heavy (non-hydrogen) atoms. The molecule has 1 amide bonds. The lowest BCUT2D eigenvalue weighted by atomic mass is 10.0. The fraction of sp³-hybridized carbons (Fsp3) is 0.300. The van der Waals surface area contributed by atoms with E-state index in [1.807, 2.05) is 26.0 Å². The van der Waals surface area contributed by atoms with Crippen LogP contribution < -0.4 is 5.32 Å². The van der Waals surface area contributed by atoms with Gasteiger partial charge in [-0.05, 0) is 43.0 Å². The second-order valence-corrected chi connectivity index (χ2v) is 7.44. The molecule has 4 rings (SSSR count). The van der Waals surface area contributed by atoms with Crippen molar-refractivity contribution < 1.29 is 9.32 Å². The van der Waals surface area contributed by atoms with Crippen LogP contribution >= 0.6 is 11.6 Å². The zero-order valence-electron chi connectivity index (χ0n) is 14.9. The minimum absolute atomic E-state index is 0.0899. The molecule has 1 fully saturated rings. The molecule has 1 saturated carbocycles. The topological polar surface area (TPSA) is 91.8 Å². The van der Waals surface area contributed by atoms with Crippen molar-refractivity contribution in [2.45, 2.75) is 38.5 Å². The van der Waals surface area contributed by atoms with Gasteiger partial charge in [-0.1, -0.05) is 30.6 Å². The number of nitrogens with one attached hydrogen (secondary N) is 1. The number of carbonyl (C=O) groups is 1. The molecule has 136 valence electrons. The van der Waals surface area contributed by atoms with Crippen LogP contribution in [0.1, 0.15) is 65.8 Å². The summed E-state index contributed by atoms with van der Waals surface area (Å²) in [5.74, 6) is 0.169. The molecule has 0 aliphatic heterocycles. The number of hydrogen-bond donors (Lipinski definition) is 1. The van der Waals surface area contributed by atoms with E-state index in [0.717, 1.165) is 18.5 Å². The van der Waals surface area contributed by atoms with E-state index in [1.54, 1.807) is 18.2 Å². The van der Waals surface area contributed by atoms with Crippen LogP contribution in [0.5, 0.6) is 0 Å². The van der Waals surface area contributed by atoms with Crippen molar-refractivity contribution in [2.24, 2.45) is 0 Å². The SMILES string of the molecule is CC(C)c1noc2nc(C3CC3)cc(C(=O)Nc3ccc(Cl)c(C#N)c3)c12. The van der Waals surface area contributed by atoms with Crippen molar-refractivity contribution in [3.05, 3.63) is 51.8 Å². The highest BCUT2D eigenvalue weighted by Gasteiger charge is 2.29. The molecule has 0 atom stereocenters. The van der Waals surface area contributed by atoms with E-state index in [-0.39, 0.29) is 11.8 Å². The number of carbonyl (C=O) groups excluding carboxylic acids is 1. The fourth-order valence-electron chi connectivity index (χ4n) is 3.04. The molecule has 1 aliphatic carbocycles. The maximum absolute atomic E-state index is 13.1. The summed E-state index contributed by atoms with van der Waals surface area (Å²) in [5.41, 5.74) is 3.25. The summed E-state index contributed by atoms with van der Waals surface area (Å²) in [6.07, 6.45) is 2.13. The maximum atomic E-state index is 13.1. The Labute approximate surface area is 161 Å². The van der Waals surface area contributed by atoms with E-state index in [9.17, 15) is 4.79 Å². The third kappa shape index (κ3) is 3.26. The second kappa shape index (κ2) is 6.67. The van der Waals surface area contributed by atoms with Crippen molar-refractivity contribution >= 4 is 34.3 Å². The minimum atomic E-state index is -0.291. The van der Waals surface area contributed by atoms with Crippen molar-refractivity contribution in [3.63, 3.8) is 0 Å². The van der Waals surface area contributed by atoms with Crippen molar-refractivity contribution in [3.8, 4) is 6.07 Å². The van der Waals surface area contributed by atoms with E-state index < -0.39 is 0 Å². The van der Waals surface area contributed by atoms with E-state index in [4.69, 9.17) is 21.4 Å². The van der Waals surface area contributed by atoms with Crippen molar-refractivity contribution in [1.82, 2.24) is 10.1 Å². The molecule has 0 radical (unpaired) electrons. The lowest BCUT2D eigenvalue weighted by Gasteiger charge is -2.10. The Morgan fingerprint density at radius 2 is 2.15 bits per heavy atom. The van der Waals surface area contributed by atoms with Gasteiger partial charge in [0.15, 0.2) is 0 Å². The Bertz CT molecular complexity index is 1090. The van der Waals surface area contributed by atoms with E-state index in [1.165, 1.54) is 0 Å². The van der Waals surface area contributed by atoms with Gasteiger partial charge in [0.2, 0.25) is 0 Å². The highest BCUT2D eigenvalue weighted by Crippen LogP contribution is 2.41. The number of anilines is 1. The number of halogens is 1. The molecule has 0 saturated heterocycles. The number of nitriles is 1. The third-order valence-corrected chi connectivity index (χ3v) is 4.95. The van der Waals surface area contributed by atoms with E-state index in [0.29, 0.717) is 44.5 Å². The van der Waals surface area contributed by atoms with Gasteiger partial charge in [-0.3, -0.25) is 4.79 Å². The Hall–Kier alpha value is -2.91. The lowest BCUT2D eigenvalue weighted by Crippen LogP contribution is -2.14. The molecule has 3 aromatic rings. The van der Waals surface area contributed by atoms with Crippen LogP contribution in [0.4, 0.5) is 5.69 Å². The molecule has 0 bridgehead atoms. The van der Waals surface area contributed by atoms with Gasteiger partial charge in [-0.25, -0.2) is 4.98 Å². The summed E-state index contributed by atoms with van der Waals surface area (Å²) in [6, 6.07) is 8.65. The normalized spacial score (nSPS) is 13.7. The zero-order chi connectivity index (χ0) is 19.1. The van der Waals surface area contributed by atoms with Crippen LogP contribution in [0, 0.1) is 11.3 Å². The first kappa shape index (κ1) is 17.5. The largest absolute Gasteiger partial charge is 0.335 e. The van der Waals surface area contributed by atoms with E-state index >= 15 is 0 Å². The van der Waals surface area contributed by atoms with E-state index in [2.05, 4.69) is 15.5 Å². The van der Waals surface area contributed by atoms with Crippen LogP contribution in [0.25, 0.3) is 11.1 Å². The predicted molar refractivity (Wildman–Crippen MR) is 102 cm³/mol. The van der Waals surface area contributed by atoms with Gasteiger partial charge in [0.1, 0.15) is 6.07 Å². The first-order valence-electron chi connectivity index (χ1n) is 8.79. The number of nitrogens with zero attached hydrogens (tertiary/aromatic N) is 3. The van der Waals surface area contributed by atoms with Gasteiger partial charge in [-0.15, -0.1) is 0 Å². The van der Waals surface area contributed by atoms with Crippen LogP contribution in [0.15, 0.2) is 28.8 Å². The zero-order valence-corrected chi connectivity index (χ0v) is 15.7. The molecule has 0 spiro atoms. The summed E-state index contributed by atoms with van der Waals surface area (Å²) in [4.78, 5) is 17.6. The molecular formula is C20H17ClN4O2. The third-order valence-electron chi connectivity index (χ3n) is 4.62. The monoisotopic (exact) mass is 380 g/mol. The number of benzene rings is 1. The molecule has 1 aromatic carbocycles. The number of aromatic nitrogens is 2. The molecular weight excluding hydrogens is 364 g/mol. The van der Waals surface area contributed by atoms with Crippen molar-refractivity contribution in [1.29, 1.82) is 5.26 Å². The Kier molecular flexibility index (Phi) is 4.33. The van der Waals surface area contributed by atoms with Crippen LogP contribution in [0.3, 0.4) is 0 Å². The van der Waals surface area contributed by atoms with Gasteiger partial charge < -0.3 is 9.84 Å². The van der Waals surface area contributed by atoms with Crippen LogP contribution in [-0.4, -0.2) is 16.0 Å². The van der Waals surface area contributed by atoms with Crippen LogP contribution in [-0.2, 0) is 0 Å². The summed E-state index contributed by atoms with van der Waals surface area (Å²) < 4.78 is 5.42. The number of rotatable bonds is 4. The quantitative estimate of drug-likeness (QED) is 0.687. The maximum Gasteiger partial charge on any atom is 0.259 e. The molecule has 2 heterocycles. The lowest BCUT2D eigenvalue weighted by molar-refractivity contribution is 0.102.